The molecule has 1 aliphatic rings. The van der Waals surface area contributed by atoms with Gasteiger partial charge in [-0.05, 0) is 48.5 Å². The number of benzene rings is 1. The standard InChI is InChI=1S/C13H17ClFN/c1-3-16-8-10-7-13(10,2)9-4-5-12(15)11(14)6-9/h4-6,10,16H,3,7-8H2,1-2H3. The van der Waals surface area contributed by atoms with Crippen LogP contribution in [0.3, 0.4) is 0 Å². The van der Waals surface area contributed by atoms with Gasteiger partial charge in [0.15, 0.2) is 0 Å². The van der Waals surface area contributed by atoms with E-state index in [9.17, 15) is 4.39 Å². The molecule has 0 aliphatic heterocycles. The van der Waals surface area contributed by atoms with Crippen molar-refractivity contribution in [1.82, 2.24) is 5.32 Å². The second-order valence-corrected chi connectivity index (χ2v) is 5.16. The van der Waals surface area contributed by atoms with Crippen molar-refractivity contribution in [3.8, 4) is 0 Å². The summed E-state index contributed by atoms with van der Waals surface area (Å²) in [5, 5.41) is 3.58. The first-order valence-electron chi connectivity index (χ1n) is 5.74. The van der Waals surface area contributed by atoms with E-state index in [2.05, 4.69) is 19.2 Å². The van der Waals surface area contributed by atoms with Crippen molar-refractivity contribution in [2.45, 2.75) is 25.7 Å². The summed E-state index contributed by atoms with van der Waals surface area (Å²) >= 11 is 5.81. The summed E-state index contributed by atoms with van der Waals surface area (Å²) in [5.74, 6) is 0.312. The lowest BCUT2D eigenvalue weighted by Gasteiger charge is -2.12. The predicted octanol–water partition coefficient (Wildman–Crippen LogP) is 3.37. The van der Waals surface area contributed by atoms with Crippen molar-refractivity contribution in [3.63, 3.8) is 0 Å². The van der Waals surface area contributed by atoms with Crippen LogP contribution < -0.4 is 5.32 Å². The average molecular weight is 242 g/mol. The van der Waals surface area contributed by atoms with Gasteiger partial charge in [-0.3, -0.25) is 0 Å². The topological polar surface area (TPSA) is 12.0 Å². The van der Waals surface area contributed by atoms with E-state index in [1.54, 1.807) is 6.07 Å². The van der Waals surface area contributed by atoms with Gasteiger partial charge in [0.25, 0.3) is 0 Å². The summed E-state index contributed by atoms with van der Waals surface area (Å²) < 4.78 is 13.1. The first-order valence-corrected chi connectivity index (χ1v) is 6.12. The Balaban J connectivity index is 2.10. The van der Waals surface area contributed by atoms with Gasteiger partial charge in [0.05, 0.1) is 5.02 Å². The highest BCUT2D eigenvalue weighted by Gasteiger charge is 2.50. The van der Waals surface area contributed by atoms with Gasteiger partial charge in [-0.15, -0.1) is 0 Å². The summed E-state index contributed by atoms with van der Waals surface area (Å²) in [6.45, 7) is 6.35. The van der Waals surface area contributed by atoms with Crippen LogP contribution in [0.15, 0.2) is 18.2 Å². The summed E-state index contributed by atoms with van der Waals surface area (Å²) in [5.41, 5.74) is 1.33. The molecule has 16 heavy (non-hydrogen) atoms. The molecule has 1 saturated carbocycles. The van der Waals surface area contributed by atoms with Gasteiger partial charge in [0.1, 0.15) is 5.82 Å². The fourth-order valence-electron chi connectivity index (χ4n) is 2.27. The molecule has 0 heterocycles. The summed E-state index contributed by atoms with van der Waals surface area (Å²) in [6.07, 6.45) is 1.15. The Morgan fingerprint density at radius 1 is 1.56 bits per heavy atom. The molecule has 2 atom stereocenters. The third kappa shape index (κ3) is 2.09. The van der Waals surface area contributed by atoms with Crippen LogP contribution in [0.1, 0.15) is 25.8 Å². The lowest BCUT2D eigenvalue weighted by molar-refractivity contribution is 0.588. The molecule has 0 bridgehead atoms. The highest BCUT2D eigenvalue weighted by molar-refractivity contribution is 6.30. The maximum absolute atomic E-state index is 13.1. The molecule has 1 nitrogen and oxygen atoms in total. The van der Waals surface area contributed by atoms with Gasteiger partial charge in [0, 0.05) is 0 Å². The van der Waals surface area contributed by atoms with E-state index in [4.69, 9.17) is 11.6 Å². The zero-order chi connectivity index (χ0) is 11.8. The fraction of sp³-hybridized carbons (Fsp3) is 0.538. The highest BCUT2D eigenvalue weighted by atomic mass is 35.5. The van der Waals surface area contributed by atoms with Gasteiger partial charge in [-0.2, -0.15) is 0 Å². The number of nitrogens with one attached hydrogen (secondary N) is 1. The molecule has 88 valence electrons. The molecule has 0 amide bonds. The van der Waals surface area contributed by atoms with Crippen LogP contribution in [0.5, 0.6) is 0 Å². The van der Waals surface area contributed by atoms with Crippen LogP contribution in [0.2, 0.25) is 5.02 Å². The molecular formula is C13H17ClFN. The van der Waals surface area contributed by atoms with Gasteiger partial charge in [0.2, 0.25) is 0 Å². The molecule has 1 fully saturated rings. The molecule has 1 N–H and O–H groups in total. The van der Waals surface area contributed by atoms with E-state index in [1.165, 1.54) is 6.07 Å². The maximum Gasteiger partial charge on any atom is 0.141 e. The minimum Gasteiger partial charge on any atom is -0.317 e. The summed E-state index contributed by atoms with van der Waals surface area (Å²) in [6, 6.07) is 5.08. The average Bonchev–Trinajstić information content (AvgIpc) is 2.92. The predicted molar refractivity (Wildman–Crippen MR) is 65.4 cm³/mol. The number of halogens is 2. The molecule has 0 spiro atoms. The van der Waals surface area contributed by atoms with Crippen molar-refractivity contribution in [1.29, 1.82) is 0 Å². The van der Waals surface area contributed by atoms with Crippen LogP contribution in [0.4, 0.5) is 4.39 Å². The minimum atomic E-state index is -0.335. The Morgan fingerprint density at radius 2 is 2.31 bits per heavy atom. The van der Waals surface area contributed by atoms with E-state index >= 15 is 0 Å². The van der Waals surface area contributed by atoms with E-state index in [0.717, 1.165) is 25.1 Å². The smallest absolute Gasteiger partial charge is 0.141 e. The number of rotatable bonds is 4. The van der Waals surface area contributed by atoms with Crippen LogP contribution in [0, 0.1) is 11.7 Å². The van der Waals surface area contributed by atoms with E-state index in [1.807, 2.05) is 6.07 Å². The fourth-order valence-corrected chi connectivity index (χ4v) is 2.45. The van der Waals surface area contributed by atoms with Crippen molar-refractivity contribution in [2.75, 3.05) is 13.1 Å². The van der Waals surface area contributed by atoms with Crippen molar-refractivity contribution in [3.05, 3.63) is 34.6 Å². The Labute approximate surface area is 101 Å². The third-order valence-electron chi connectivity index (χ3n) is 3.63. The van der Waals surface area contributed by atoms with Gasteiger partial charge in [-0.1, -0.05) is 31.5 Å². The third-order valence-corrected chi connectivity index (χ3v) is 3.92. The molecule has 2 unspecified atom stereocenters. The van der Waals surface area contributed by atoms with E-state index < -0.39 is 0 Å². The molecule has 0 radical (unpaired) electrons. The lowest BCUT2D eigenvalue weighted by Crippen LogP contribution is -2.19. The van der Waals surface area contributed by atoms with Gasteiger partial charge >= 0.3 is 0 Å². The van der Waals surface area contributed by atoms with Crippen molar-refractivity contribution >= 4 is 11.6 Å². The van der Waals surface area contributed by atoms with Crippen LogP contribution in [0.25, 0.3) is 0 Å². The molecule has 1 aromatic carbocycles. The molecule has 1 aromatic rings. The second-order valence-electron chi connectivity index (χ2n) is 4.76. The van der Waals surface area contributed by atoms with E-state index in [-0.39, 0.29) is 16.3 Å². The maximum atomic E-state index is 13.1. The largest absolute Gasteiger partial charge is 0.317 e. The van der Waals surface area contributed by atoms with E-state index in [0.29, 0.717) is 5.92 Å². The van der Waals surface area contributed by atoms with Crippen molar-refractivity contribution < 1.29 is 4.39 Å². The minimum absolute atomic E-state index is 0.180. The van der Waals surface area contributed by atoms with Crippen LogP contribution >= 0.6 is 11.6 Å². The quantitative estimate of drug-likeness (QED) is 0.852. The zero-order valence-electron chi connectivity index (χ0n) is 9.69. The summed E-state index contributed by atoms with van der Waals surface area (Å²) in [7, 11) is 0. The van der Waals surface area contributed by atoms with Gasteiger partial charge < -0.3 is 5.32 Å². The zero-order valence-corrected chi connectivity index (χ0v) is 10.4. The Hall–Kier alpha value is -0.600. The molecular weight excluding hydrogens is 225 g/mol. The number of hydrogen-bond donors (Lipinski definition) is 1. The molecule has 0 aromatic heterocycles. The first-order chi connectivity index (χ1) is 7.58. The second kappa shape index (κ2) is 4.34. The summed E-state index contributed by atoms with van der Waals surface area (Å²) in [4.78, 5) is 0. The van der Waals surface area contributed by atoms with Crippen molar-refractivity contribution in [2.24, 2.45) is 5.92 Å². The SMILES string of the molecule is CCNCC1CC1(C)c1ccc(F)c(Cl)c1. The van der Waals surface area contributed by atoms with Crippen LogP contribution in [-0.4, -0.2) is 13.1 Å². The number of hydrogen-bond acceptors (Lipinski definition) is 1. The molecule has 3 heteroatoms. The molecule has 1 aliphatic carbocycles. The Morgan fingerprint density at radius 3 is 2.94 bits per heavy atom. The molecule has 2 rings (SSSR count). The Bertz CT molecular complexity index is 394. The Kier molecular flexibility index (Phi) is 3.22. The first kappa shape index (κ1) is 11.9. The monoisotopic (exact) mass is 241 g/mol. The normalized spacial score (nSPS) is 28.1. The van der Waals surface area contributed by atoms with Gasteiger partial charge in [-0.25, -0.2) is 4.39 Å². The molecule has 0 saturated heterocycles. The van der Waals surface area contributed by atoms with Crippen LogP contribution in [-0.2, 0) is 5.41 Å². The highest BCUT2D eigenvalue weighted by Crippen LogP contribution is 2.53. The lowest BCUT2D eigenvalue weighted by atomic mass is 9.95.